The summed E-state index contributed by atoms with van der Waals surface area (Å²) in [4.78, 5) is 23.5. The molecule has 1 atom stereocenters. The lowest BCUT2D eigenvalue weighted by Gasteiger charge is -2.25. The Bertz CT molecular complexity index is 1630. The third-order valence-corrected chi connectivity index (χ3v) is 6.68. The SMILES string of the molecule is CC(C)(C)/C=C(/C#N)C(=O)N1CCCC1Cn1nc(-c2ccc(Oc3ccccc3)cc2F)c2c(N)ncnc21. The van der Waals surface area contributed by atoms with Gasteiger partial charge in [0.25, 0.3) is 5.91 Å². The molecule has 1 fully saturated rings. The van der Waals surface area contributed by atoms with Gasteiger partial charge in [-0.3, -0.25) is 4.79 Å². The number of fused-ring (bicyclic) bond motifs is 1. The molecule has 2 aromatic heterocycles. The van der Waals surface area contributed by atoms with Crippen LogP contribution in [-0.4, -0.2) is 43.1 Å². The highest BCUT2D eigenvalue weighted by atomic mass is 19.1. The van der Waals surface area contributed by atoms with E-state index in [4.69, 9.17) is 15.6 Å². The van der Waals surface area contributed by atoms with Gasteiger partial charge >= 0.3 is 0 Å². The first-order chi connectivity index (χ1) is 19.1. The second-order valence-corrected chi connectivity index (χ2v) is 10.9. The third kappa shape index (κ3) is 5.50. The molecular weight excluding hydrogens is 509 g/mol. The molecule has 3 heterocycles. The van der Waals surface area contributed by atoms with Crippen LogP contribution < -0.4 is 10.5 Å². The van der Waals surface area contributed by atoms with E-state index in [1.54, 1.807) is 39.9 Å². The van der Waals surface area contributed by atoms with Crippen molar-refractivity contribution in [2.45, 2.75) is 46.2 Å². The number of aromatic nitrogens is 4. The van der Waals surface area contributed by atoms with Crippen molar-refractivity contribution in [2.75, 3.05) is 12.3 Å². The monoisotopic (exact) mass is 539 g/mol. The molecule has 1 aliphatic heterocycles. The van der Waals surface area contributed by atoms with E-state index in [1.807, 2.05) is 39.0 Å². The van der Waals surface area contributed by atoms with E-state index >= 15 is 4.39 Å². The molecule has 0 radical (unpaired) electrons. The third-order valence-electron chi connectivity index (χ3n) is 6.68. The van der Waals surface area contributed by atoms with Crippen LogP contribution in [-0.2, 0) is 11.3 Å². The molecule has 1 unspecified atom stereocenters. The first kappa shape index (κ1) is 26.8. The number of likely N-dealkylation sites (tertiary alicyclic amines) is 1. The zero-order valence-electron chi connectivity index (χ0n) is 22.6. The van der Waals surface area contributed by atoms with Gasteiger partial charge in [0.1, 0.15) is 46.8 Å². The summed E-state index contributed by atoms with van der Waals surface area (Å²) < 4.78 is 22.9. The van der Waals surface area contributed by atoms with E-state index in [9.17, 15) is 10.1 Å². The maximum Gasteiger partial charge on any atom is 0.264 e. The van der Waals surface area contributed by atoms with E-state index in [2.05, 4.69) is 16.0 Å². The minimum absolute atomic E-state index is 0.122. The van der Waals surface area contributed by atoms with Gasteiger partial charge in [0.2, 0.25) is 0 Å². The minimum Gasteiger partial charge on any atom is -0.457 e. The summed E-state index contributed by atoms with van der Waals surface area (Å²) in [5.41, 5.74) is 7.01. The lowest BCUT2D eigenvalue weighted by atomic mass is 9.93. The molecule has 9 nitrogen and oxygen atoms in total. The Morgan fingerprint density at radius 2 is 1.98 bits per heavy atom. The maximum atomic E-state index is 15.4. The fourth-order valence-electron chi connectivity index (χ4n) is 4.94. The summed E-state index contributed by atoms with van der Waals surface area (Å²) in [6, 6.07) is 15.5. The number of halogens is 1. The van der Waals surface area contributed by atoms with Crippen molar-refractivity contribution >= 4 is 22.8 Å². The molecule has 10 heteroatoms. The maximum absolute atomic E-state index is 15.4. The van der Waals surface area contributed by atoms with Gasteiger partial charge in [-0.2, -0.15) is 10.4 Å². The largest absolute Gasteiger partial charge is 0.457 e. The molecule has 1 aliphatic rings. The Morgan fingerprint density at radius 3 is 2.67 bits per heavy atom. The summed E-state index contributed by atoms with van der Waals surface area (Å²) in [7, 11) is 0. The van der Waals surface area contributed by atoms with E-state index < -0.39 is 5.82 Å². The fraction of sp³-hybridized carbons (Fsp3) is 0.300. The molecule has 40 heavy (non-hydrogen) atoms. The number of benzene rings is 2. The lowest BCUT2D eigenvalue weighted by molar-refractivity contribution is -0.127. The van der Waals surface area contributed by atoms with Gasteiger partial charge in [-0.1, -0.05) is 45.0 Å². The average molecular weight is 540 g/mol. The first-order valence-corrected chi connectivity index (χ1v) is 13.1. The molecule has 0 saturated carbocycles. The molecule has 2 aromatic carbocycles. The van der Waals surface area contributed by atoms with Crippen LogP contribution in [0.25, 0.3) is 22.3 Å². The number of carbonyl (C=O) groups is 1. The van der Waals surface area contributed by atoms with Crippen LogP contribution in [0, 0.1) is 22.6 Å². The van der Waals surface area contributed by atoms with Gasteiger partial charge < -0.3 is 15.4 Å². The zero-order chi connectivity index (χ0) is 28.4. The number of nitriles is 1. The number of carbonyl (C=O) groups excluding carboxylic acids is 1. The van der Waals surface area contributed by atoms with Crippen molar-refractivity contribution in [2.24, 2.45) is 5.41 Å². The molecular formula is C30H30FN7O2. The van der Waals surface area contributed by atoms with Crippen molar-refractivity contribution < 1.29 is 13.9 Å². The summed E-state index contributed by atoms with van der Waals surface area (Å²) >= 11 is 0. The topological polar surface area (TPSA) is 123 Å². The quantitative estimate of drug-likeness (QED) is 0.254. The van der Waals surface area contributed by atoms with Gasteiger partial charge in [-0.25, -0.2) is 19.0 Å². The molecule has 0 aliphatic carbocycles. The van der Waals surface area contributed by atoms with Crippen molar-refractivity contribution in [1.29, 1.82) is 5.26 Å². The molecule has 4 aromatic rings. The molecule has 2 N–H and O–H groups in total. The van der Waals surface area contributed by atoms with E-state index in [0.717, 1.165) is 12.8 Å². The highest BCUT2D eigenvalue weighted by molar-refractivity contribution is 5.99. The number of ether oxygens (including phenoxy) is 1. The molecule has 0 bridgehead atoms. The highest BCUT2D eigenvalue weighted by Gasteiger charge is 2.33. The average Bonchev–Trinajstić information content (AvgIpc) is 3.53. The minimum atomic E-state index is -0.535. The number of nitrogens with two attached hydrogens (primary N) is 1. The number of nitrogens with zero attached hydrogens (tertiary/aromatic N) is 6. The number of amides is 1. The number of nitrogen functional groups attached to an aromatic ring is 1. The number of hydrogen-bond donors (Lipinski definition) is 1. The number of rotatable bonds is 6. The predicted molar refractivity (Wildman–Crippen MR) is 150 cm³/mol. The molecule has 5 rings (SSSR count). The van der Waals surface area contributed by atoms with Gasteiger partial charge in [0.05, 0.1) is 18.0 Å². The van der Waals surface area contributed by atoms with Crippen LogP contribution in [0.2, 0.25) is 0 Å². The van der Waals surface area contributed by atoms with Gasteiger partial charge in [-0.05, 0) is 42.5 Å². The molecule has 1 saturated heterocycles. The van der Waals surface area contributed by atoms with Crippen LogP contribution in [0.1, 0.15) is 33.6 Å². The summed E-state index contributed by atoms with van der Waals surface area (Å²) in [5, 5.41) is 14.8. The Hall–Kier alpha value is -4.78. The Balaban J connectivity index is 1.48. The standard InChI is InChI=1S/C30H30FN7O2/c1-30(2,3)15-19(16-32)29(39)37-13-7-8-20(37)17-38-28-25(27(33)34-18-35-28)26(36-38)23-12-11-22(14-24(23)31)40-21-9-5-4-6-10-21/h4-6,9-12,14-15,18,20H,7-8,13,17H2,1-3H3,(H2,33,34,35)/b19-15-. The zero-order valence-corrected chi connectivity index (χ0v) is 22.6. The second-order valence-electron chi connectivity index (χ2n) is 10.9. The van der Waals surface area contributed by atoms with Crippen LogP contribution in [0.3, 0.4) is 0 Å². The van der Waals surface area contributed by atoms with Crippen LogP contribution >= 0.6 is 0 Å². The van der Waals surface area contributed by atoms with Gasteiger partial charge in [-0.15, -0.1) is 0 Å². The number of hydrogen-bond acceptors (Lipinski definition) is 7. The Morgan fingerprint density at radius 1 is 1.20 bits per heavy atom. The molecule has 1 amide bonds. The highest BCUT2D eigenvalue weighted by Crippen LogP contribution is 2.35. The molecule has 204 valence electrons. The Kier molecular flexibility index (Phi) is 7.22. The number of allylic oxidation sites excluding steroid dienone is 1. The van der Waals surface area contributed by atoms with Crippen LogP contribution in [0.5, 0.6) is 11.5 Å². The summed E-state index contributed by atoms with van der Waals surface area (Å²) in [6.45, 7) is 6.68. The normalized spacial score (nSPS) is 15.8. The Labute approximate surface area is 231 Å². The van der Waals surface area contributed by atoms with Gasteiger partial charge in [0, 0.05) is 18.2 Å². The predicted octanol–water partition coefficient (Wildman–Crippen LogP) is 5.49. The fourth-order valence-corrected chi connectivity index (χ4v) is 4.94. The van der Waals surface area contributed by atoms with Crippen molar-refractivity contribution in [1.82, 2.24) is 24.6 Å². The number of para-hydroxylation sites is 1. The van der Waals surface area contributed by atoms with Crippen LogP contribution in [0.4, 0.5) is 10.2 Å². The first-order valence-electron chi connectivity index (χ1n) is 13.1. The van der Waals surface area contributed by atoms with Crippen molar-refractivity contribution in [3.05, 3.63) is 72.3 Å². The van der Waals surface area contributed by atoms with Crippen molar-refractivity contribution in [3.8, 4) is 28.8 Å². The van der Waals surface area contributed by atoms with Crippen LogP contribution in [0.15, 0.2) is 66.5 Å². The smallest absolute Gasteiger partial charge is 0.264 e. The molecule has 0 spiro atoms. The lowest BCUT2D eigenvalue weighted by Crippen LogP contribution is -2.39. The van der Waals surface area contributed by atoms with E-state index in [0.29, 0.717) is 41.3 Å². The van der Waals surface area contributed by atoms with E-state index in [-0.39, 0.29) is 34.3 Å². The van der Waals surface area contributed by atoms with Crippen molar-refractivity contribution in [3.63, 3.8) is 0 Å². The number of anilines is 1. The van der Waals surface area contributed by atoms with E-state index in [1.165, 1.54) is 12.4 Å². The second kappa shape index (κ2) is 10.8. The summed E-state index contributed by atoms with van der Waals surface area (Å²) in [5.74, 6) is 0.277. The van der Waals surface area contributed by atoms with Gasteiger partial charge in [0.15, 0.2) is 5.65 Å². The summed E-state index contributed by atoms with van der Waals surface area (Å²) in [6.07, 6.45) is 4.57.